The summed E-state index contributed by atoms with van der Waals surface area (Å²) in [5, 5.41) is 3.60. The maximum atomic E-state index is 9.77. The van der Waals surface area contributed by atoms with Gasteiger partial charge in [0.25, 0.3) is 0 Å². The minimum atomic E-state index is -0.929. The molecule has 11 nitrogen and oxygen atoms in total. The van der Waals surface area contributed by atoms with Crippen LogP contribution >= 0.6 is 11.3 Å². The Morgan fingerprint density at radius 1 is 0.214 bits per heavy atom. The van der Waals surface area contributed by atoms with E-state index in [1.165, 1.54) is 0 Å². The van der Waals surface area contributed by atoms with Gasteiger partial charge in [-0.25, -0.2) is 9.97 Å². The monoisotopic (exact) mass is 1660 g/mol. The fourth-order valence-electron chi connectivity index (χ4n) is 16.8. The molecule has 8 aromatic heterocycles. The van der Waals surface area contributed by atoms with E-state index in [0.29, 0.717) is 50.7 Å². The summed E-state index contributed by atoms with van der Waals surface area (Å²) in [4.78, 5) is 30.0. The molecule has 8 heterocycles. The highest BCUT2D eigenvalue weighted by atomic mass is 32.1. The van der Waals surface area contributed by atoms with Crippen LogP contribution in [0.5, 0.6) is 0 Å². The molecule has 0 saturated heterocycles. The fourth-order valence-corrected chi connectivity index (χ4v) is 17.8. The highest BCUT2D eigenvalue weighted by molar-refractivity contribution is 7.26. The van der Waals surface area contributed by atoms with E-state index in [1.807, 2.05) is 103 Å². The Hall–Kier alpha value is -16.8. The van der Waals surface area contributed by atoms with Crippen molar-refractivity contribution in [2.24, 2.45) is 0 Å². The van der Waals surface area contributed by atoms with Crippen LogP contribution in [0.25, 0.3) is 254 Å². The Kier molecular flexibility index (Phi) is 11.2. The predicted octanol–water partition coefficient (Wildman–Crippen LogP) is 30.7. The van der Waals surface area contributed by atoms with Crippen molar-refractivity contribution in [3.63, 3.8) is 0 Å². The van der Waals surface area contributed by atoms with Crippen LogP contribution in [0, 0.1) is 0 Å². The van der Waals surface area contributed by atoms with E-state index >= 15 is 0 Å². The third-order valence-corrected chi connectivity index (χ3v) is 23.4. The lowest BCUT2D eigenvalue weighted by Gasteiger charge is -2.14. The van der Waals surface area contributed by atoms with Crippen LogP contribution in [0.3, 0.4) is 0 Å². The zero-order valence-corrected chi connectivity index (χ0v) is 66.0. The molecule has 588 valence electrons. The largest absolute Gasteiger partial charge is 0.456 e. The average Bonchev–Trinajstić information content (AvgIpc) is 1.51. The van der Waals surface area contributed by atoms with Crippen LogP contribution in [0.2, 0.25) is 0 Å². The summed E-state index contributed by atoms with van der Waals surface area (Å²) < 4.78 is 291. The molecule has 0 aliphatic carbocycles. The highest BCUT2D eigenvalue weighted by Crippen LogP contribution is 2.48. The van der Waals surface area contributed by atoms with Crippen LogP contribution in [-0.2, 0) is 0 Å². The number of para-hydroxylation sites is 2. The Balaban J connectivity index is 0.000000160. The third-order valence-electron chi connectivity index (χ3n) is 22.4. The van der Waals surface area contributed by atoms with Crippen LogP contribution in [0.1, 0.15) is 41.1 Å². The quantitative estimate of drug-likeness (QED) is 0.117. The molecule has 0 N–H and O–H groups in total. The van der Waals surface area contributed by atoms with Gasteiger partial charge < -0.3 is 13.3 Å². The number of benzene rings is 18. The van der Waals surface area contributed by atoms with Gasteiger partial charge in [0.05, 0.1) is 63.2 Å². The van der Waals surface area contributed by atoms with Gasteiger partial charge in [-0.15, -0.1) is 11.3 Å². The van der Waals surface area contributed by atoms with E-state index in [2.05, 4.69) is 104 Å². The summed E-state index contributed by atoms with van der Waals surface area (Å²) in [6.45, 7) is 0. The summed E-state index contributed by atoms with van der Waals surface area (Å²) in [5.74, 6) is -1.05. The molecule has 0 aliphatic rings. The number of aromatic nitrogens is 8. The molecule has 26 rings (SSSR count). The molecule has 0 amide bonds. The van der Waals surface area contributed by atoms with Gasteiger partial charge >= 0.3 is 0 Å². The molecule has 0 radical (unpaired) electrons. The van der Waals surface area contributed by atoms with Crippen molar-refractivity contribution in [1.29, 1.82) is 0 Å². The van der Waals surface area contributed by atoms with Crippen LogP contribution in [0.15, 0.2) is 425 Å². The SMILES string of the molecule is [2H]c1c([2H])c([2H])c(-c2c([2H])c([2H])c([2H])c3oc4c([2H])c(-c5nc(-c6c([2H])c([2H])c(-c7ccccc7)c([2H])c6[2H])nc(-n6c7c([2H])c([2H])c([2H])c([2H])c7c7c8c(sc9c([2H])c([2H])c([2H])c([2H])c98)c([2H])c([2H])c76)n5)c([2H])c([2H])c4c23)c([2H])c1[2H].[2H]c1c([2H])c([2H])c(-c2cccc3oc4cc(-c5nc(-c6cc(-c7ccccc7)cc(-c7ccccc7)c6)nc(-n6c7cc(-c8ccccc8)ccc7c7c8c(ccc76)oc6ccccc68)n5)ccc4c23)c([2H])c1[2H]. The van der Waals surface area contributed by atoms with E-state index in [9.17, 15) is 15.1 Å². The van der Waals surface area contributed by atoms with E-state index in [1.54, 1.807) is 42.5 Å². The van der Waals surface area contributed by atoms with E-state index in [4.69, 9.17) is 54.2 Å². The minimum Gasteiger partial charge on any atom is -0.456 e. The van der Waals surface area contributed by atoms with Crippen LogP contribution in [0.4, 0.5) is 0 Å². The second-order valence-corrected chi connectivity index (χ2v) is 30.6. The minimum absolute atomic E-state index is 0.0517. The molecule has 0 aliphatic heterocycles. The van der Waals surface area contributed by atoms with E-state index < -0.39 is 242 Å². The number of nitrogens with zero attached hydrogens (tertiary/aromatic N) is 8. The van der Waals surface area contributed by atoms with Crippen LogP contribution in [-0.4, -0.2) is 39.0 Å². The number of fused-ring (bicyclic) bond motifs is 20. The van der Waals surface area contributed by atoms with Crippen molar-refractivity contribution in [1.82, 2.24) is 39.0 Å². The molecule has 0 atom stereocenters. The van der Waals surface area contributed by atoms with E-state index in [-0.39, 0.29) is 59.7 Å². The molecule has 126 heavy (non-hydrogen) atoms. The highest BCUT2D eigenvalue weighted by Gasteiger charge is 2.27. The lowest BCUT2D eigenvalue weighted by Crippen LogP contribution is -2.06. The van der Waals surface area contributed by atoms with Crippen molar-refractivity contribution >= 4 is 141 Å². The average molecular weight is 1660 g/mol. The fraction of sp³-hybridized carbons (Fsp3) is 0. The first-order valence-corrected chi connectivity index (χ1v) is 40.6. The Morgan fingerprint density at radius 2 is 0.738 bits per heavy atom. The van der Waals surface area contributed by atoms with Gasteiger partial charge in [-0.2, -0.15) is 19.9 Å². The molecule has 0 bridgehead atoms. The maximum absolute atomic E-state index is 9.77. The van der Waals surface area contributed by atoms with Crippen molar-refractivity contribution in [2.75, 3.05) is 0 Å². The van der Waals surface area contributed by atoms with Crippen LogP contribution < -0.4 is 0 Å². The number of furan rings is 3. The normalized spacial score (nSPS) is 15.1. The molecule has 0 saturated carbocycles. The van der Waals surface area contributed by atoms with Gasteiger partial charge in [-0.05, 0) is 170 Å². The van der Waals surface area contributed by atoms with Gasteiger partial charge in [0.2, 0.25) is 11.9 Å². The van der Waals surface area contributed by atoms with Crippen molar-refractivity contribution < 1.29 is 54.4 Å². The second kappa shape index (κ2) is 29.5. The number of rotatable bonds is 12. The molecular weight excluding hydrogens is 1560 g/mol. The lowest BCUT2D eigenvalue weighted by molar-refractivity contribution is 0.668. The first kappa shape index (κ1) is 48.0. The number of hydrogen-bond acceptors (Lipinski definition) is 10. The number of thiophene rings is 1. The van der Waals surface area contributed by atoms with Crippen molar-refractivity contribution in [3.05, 3.63) is 412 Å². The van der Waals surface area contributed by atoms with Gasteiger partial charge in [0, 0.05) is 96.3 Å². The molecular formula is C114H68N8O3S. The molecule has 0 spiro atoms. The van der Waals surface area contributed by atoms with E-state index in [0.717, 1.165) is 98.6 Å². The van der Waals surface area contributed by atoms with Crippen molar-refractivity contribution in [2.45, 2.75) is 0 Å². The Bertz CT molecular complexity index is 10700. The zero-order chi connectivity index (χ0) is 109. The summed E-state index contributed by atoms with van der Waals surface area (Å²) in [6.07, 6.45) is 0. The standard InChI is InChI=1S/C63H38N4O2.C51H30N4OS/c1-5-16-39(17-6-1)43-28-30-49-53(37-43)67(52-32-33-56-60(59(49)52)50-24-13-14-26-54(50)68-56)63-65-61(44-29-31-51-57(38-44)69-55-27-15-25-48(58(51)55)42-22-11-4-12-23-42)64-62(66-63)47-35-45(40-18-7-2-8-19-40)34-46(36-47)41-20-9-3-10-21-41;1-3-12-31(13-4-1)32-22-24-34(25-23-32)49-52-50(35-26-27-38-43(30-35)56-42-20-11-18-36(46(38)42)33-14-5-2-6-15-33)54-51(53-49)55-40-19-9-7-16-37(40)47-41(55)28-29-45-48(47)39-17-8-10-21-44(39)57-45/h1-38H;1-30H/i4D,11D,12D,22D,23D;2D,5D,6D,7D,8D,9D,10D,11D,14D,15D,16D,17D,18D,19D,20D,21D,22D,23D,24D,25D,26D,27D,28D,29D,30D. The maximum Gasteiger partial charge on any atom is 0.238 e. The summed E-state index contributed by atoms with van der Waals surface area (Å²) in [6, 6.07) is 54.8. The molecule has 12 heteroatoms. The second-order valence-electron chi connectivity index (χ2n) is 29.6. The smallest absolute Gasteiger partial charge is 0.238 e. The Labute approximate surface area is 767 Å². The van der Waals surface area contributed by atoms with Gasteiger partial charge in [0.1, 0.15) is 33.5 Å². The first-order chi connectivity index (χ1) is 74.9. The molecule has 0 unspecified atom stereocenters. The van der Waals surface area contributed by atoms with Gasteiger partial charge in [0.15, 0.2) is 23.3 Å². The molecule has 18 aromatic carbocycles. The third kappa shape index (κ3) is 12.2. The van der Waals surface area contributed by atoms with Gasteiger partial charge in [-0.3, -0.25) is 9.13 Å². The zero-order valence-electron chi connectivity index (χ0n) is 95.2. The number of hydrogen-bond donors (Lipinski definition) is 0. The summed E-state index contributed by atoms with van der Waals surface area (Å²) in [5.41, 5.74) is 8.07. The summed E-state index contributed by atoms with van der Waals surface area (Å²) in [7, 11) is 0. The predicted molar refractivity (Wildman–Crippen MR) is 517 cm³/mol. The molecule has 26 aromatic rings. The topological polar surface area (TPSA) is 127 Å². The molecule has 0 fully saturated rings. The van der Waals surface area contributed by atoms with Gasteiger partial charge in [-0.1, -0.05) is 309 Å². The lowest BCUT2D eigenvalue weighted by atomic mass is 9.96. The Morgan fingerprint density at radius 3 is 1.46 bits per heavy atom. The van der Waals surface area contributed by atoms with Crippen molar-refractivity contribution in [3.8, 4) is 124 Å². The first-order valence-electron chi connectivity index (χ1n) is 54.7. The summed E-state index contributed by atoms with van der Waals surface area (Å²) >= 11 is 0.747.